The summed E-state index contributed by atoms with van der Waals surface area (Å²) in [6, 6.07) is 0. The van der Waals surface area contributed by atoms with Crippen molar-refractivity contribution < 1.29 is 4.79 Å². The van der Waals surface area contributed by atoms with Crippen molar-refractivity contribution in [2.75, 3.05) is 19.6 Å². The molecule has 3 nitrogen and oxygen atoms in total. The normalized spacial score (nSPS) is 12.2. The minimum atomic E-state index is 0.254. The van der Waals surface area contributed by atoms with Crippen LogP contribution in [0.3, 0.4) is 0 Å². The minimum absolute atomic E-state index is 0.254. The summed E-state index contributed by atoms with van der Waals surface area (Å²) in [7, 11) is 0. The second-order valence-corrected chi connectivity index (χ2v) is 10.3. The first-order chi connectivity index (χ1) is 16.3. The molecule has 0 fully saturated rings. The molecule has 1 unspecified atom stereocenters. The number of carbonyl (C=O) groups is 1. The molecule has 0 radical (unpaired) electrons. The van der Waals surface area contributed by atoms with Crippen LogP contribution in [0.25, 0.3) is 0 Å². The SMILES string of the molecule is CCCCCCNCCCCCCCCCCCNC(=O)C(CCCCC)CCCCCC. The Morgan fingerprint density at radius 2 is 0.848 bits per heavy atom. The molecule has 1 amide bonds. The van der Waals surface area contributed by atoms with Crippen molar-refractivity contribution in [3.8, 4) is 0 Å². The molecule has 0 aromatic carbocycles. The topological polar surface area (TPSA) is 41.1 Å². The zero-order chi connectivity index (χ0) is 24.2. The van der Waals surface area contributed by atoms with Crippen molar-refractivity contribution in [1.82, 2.24) is 10.6 Å². The van der Waals surface area contributed by atoms with Gasteiger partial charge in [-0.05, 0) is 45.2 Å². The smallest absolute Gasteiger partial charge is 0.223 e. The predicted molar refractivity (Wildman–Crippen MR) is 148 cm³/mol. The highest BCUT2D eigenvalue weighted by Gasteiger charge is 2.17. The van der Waals surface area contributed by atoms with Gasteiger partial charge in [-0.1, -0.05) is 130 Å². The summed E-state index contributed by atoms with van der Waals surface area (Å²) in [5, 5.41) is 6.84. The summed E-state index contributed by atoms with van der Waals surface area (Å²) in [5.41, 5.74) is 0. The number of hydrogen-bond donors (Lipinski definition) is 2. The number of unbranched alkanes of at least 4 members (excludes halogenated alkanes) is 16. The van der Waals surface area contributed by atoms with E-state index in [9.17, 15) is 4.79 Å². The second kappa shape index (κ2) is 27.7. The highest BCUT2D eigenvalue weighted by Crippen LogP contribution is 2.18. The van der Waals surface area contributed by atoms with Crippen LogP contribution in [0.5, 0.6) is 0 Å². The molecule has 0 heterocycles. The number of carbonyl (C=O) groups excluding carboxylic acids is 1. The van der Waals surface area contributed by atoms with E-state index in [1.54, 1.807) is 0 Å². The van der Waals surface area contributed by atoms with Crippen molar-refractivity contribution in [2.45, 2.75) is 162 Å². The average Bonchev–Trinajstić information content (AvgIpc) is 2.82. The van der Waals surface area contributed by atoms with Crippen molar-refractivity contribution in [3.63, 3.8) is 0 Å². The monoisotopic (exact) mass is 466 g/mol. The Kier molecular flexibility index (Phi) is 27.2. The van der Waals surface area contributed by atoms with Gasteiger partial charge in [0.05, 0.1) is 0 Å². The Morgan fingerprint density at radius 3 is 1.36 bits per heavy atom. The molecule has 0 spiro atoms. The standard InChI is InChI=1S/C30H62N2O/c1-4-7-10-20-25-29(24-19-9-6-3)30(33)32-28-23-18-16-14-12-13-15-17-22-27-31-26-21-11-8-5-2/h29,31H,4-28H2,1-3H3,(H,32,33). The molecule has 0 aromatic rings. The van der Waals surface area contributed by atoms with E-state index in [1.165, 1.54) is 135 Å². The van der Waals surface area contributed by atoms with E-state index in [4.69, 9.17) is 0 Å². The molecule has 2 N–H and O–H groups in total. The molecule has 0 aliphatic heterocycles. The lowest BCUT2D eigenvalue weighted by Gasteiger charge is -2.17. The van der Waals surface area contributed by atoms with Crippen LogP contribution in [-0.4, -0.2) is 25.5 Å². The van der Waals surface area contributed by atoms with E-state index >= 15 is 0 Å². The number of nitrogens with one attached hydrogen (secondary N) is 2. The lowest BCUT2D eigenvalue weighted by molar-refractivity contribution is -0.125. The summed E-state index contributed by atoms with van der Waals surface area (Å²) in [4.78, 5) is 12.6. The third-order valence-electron chi connectivity index (χ3n) is 6.97. The highest BCUT2D eigenvalue weighted by atomic mass is 16.1. The van der Waals surface area contributed by atoms with Crippen molar-refractivity contribution in [3.05, 3.63) is 0 Å². The van der Waals surface area contributed by atoms with Crippen molar-refractivity contribution >= 4 is 5.91 Å². The minimum Gasteiger partial charge on any atom is -0.356 e. The number of rotatable bonds is 27. The van der Waals surface area contributed by atoms with Gasteiger partial charge in [0.15, 0.2) is 0 Å². The van der Waals surface area contributed by atoms with Crippen LogP contribution in [0.2, 0.25) is 0 Å². The first-order valence-electron chi connectivity index (χ1n) is 15.2. The van der Waals surface area contributed by atoms with Gasteiger partial charge in [-0.2, -0.15) is 0 Å². The second-order valence-electron chi connectivity index (χ2n) is 10.3. The summed E-state index contributed by atoms with van der Waals surface area (Å²) in [5.74, 6) is 0.586. The fourth-order valence-electron chi connectivity index (χ4n) is 4.63. The molecule has 0 aliphatic rings. The van der Waals surface area contributed by atoms with Gasteiger partial charge in [0.1, 0.15) is 0 Å². The first-order valence-corrected chi connectivity index (χ1v) is 15.2. The third-order valence-corrected chi connectivity index (χ3v) is 6.97. The maximum absolute atomic E-state index is 12.6. The molecule has 3 heteroatoms. The highest BCUT2D eigenvalue weighted by molar-refractivity contribution is 5.78. The zero-order valence-electron chi connectivity index (χ0n) is 23.2. The molecule has 198 valence electrons. The summed E-state index contributed by atoms with van der Waals surface area (Å²) in [6.45, 7) is 10.1. The maximum atomic E-state index is 12.6. The van der Waals surface area contributed by atoms with Crippen LogP contribution in [0.4, 0.5) is 0 Å². The molecular formula is C30H62N2O. The number of hydrogen-bond acceptors (Lipinski definition) is 2. The molecule has 0 aromatic heterocycles. The average molecular weight is 467 g/mol. The van der Waals surface area contributed by atoms with Gasteiger partial charge < -0.3 is 10.6 Å². The molecule has 1 atom stereocenters. The van der Waals surface area contributed by atoms with Crippen LogP contribution in [-0.2, 0) is 4.79 Å². The van der Waals surface area contributed by atoms with E-state index < -0.39 is 0 Å². The van der Waals surface area contributed by atoms with Gasteiger partial charge in [-0.25, -0.2) is 0 Å². The Balaban J connectivity index is 3.53. The largest absolute Gasteiger partial charge is 0.356 e. The van der Waals surface area contributed by atoms with Crippen LogP contribution in [0.1, 0.15) is 162 Å². The predicted octanol–water partition coefficient (Wildman–Crippen LogP) is 8.95. The third kappa shape index (κ3) is 24.4. The van der Waals surface area contributed by atoms with E-state index in [1.807, 2.05) is 0 Å². The summed E-state index contributed by atoms with van der Waals surface area (Å²) in [6.07, 6.45) is 28.4. The van der Waals surface area contributed by atoms with Gasteiger partial charge in [-0.15, -0.1) is 0 Å². The van der Waals surface area contributed by atoms with E-state index in [0.717, 1.165) is 25.8 Å². The summed E-state index contributed by atoms with van der Waals surface area (Å²) < 4.78 is 0. The quantitative estimate of drug-likeness (QED) is 0.119. The van der Waals surface area contributed by atoms with Crippen LogP contribution >= 0.6 is 0 Å². The lowest BCUT2D eigenvalue weighted by atomic mass is 9.94. The first kappa shape index (κ1) is 32.4. The molecule has 33 heavy (non-hydrogen) atoms. The fraction of sp³-hybridized carbons (Fsp3) is 0.967. The summed E-state index contributed by atoms with van der Waals surface area (Å²) >= 11 is 0. The van der Waals surface area contributed by atoms with E-state index in [0.29, 0.717) is 5.91 Å². The Labute approximate surface area is 209 Å². The van der Waals surface area contributed by atoms with E-state index in [2.05, 4.69) is 31.4 Å². The molecular weight excluding hydrogens is 404 g/mol. The Hall–Kier alpha value is -0.570. The van der Waals surface area contributed by atoms with Gasteiger partial charge in [-0.3, -0.25) is 4.79 Å². The number of amides is 1. The van der Waals surface area contributed by atoms with Gasteiger partial charge in [0.25, 0.3) is 0 Å². The van der Waals surface area contributed by atoms with Gasteiger partial charge in [0.2, 0.25) is 5.91 Å². The zero-order valence-corrected chi connectivity index (χ0v) is 23.2. The molecule has 0 aliphatic carbocycles. The maximum Gasteiger partial charge on any atom is 0.223 e. The van der Waals surface area contributed by atoms with Gasteiger partial charge in [0, 0.05) is 12.5 Å². The molecule has 0 saturated heterocycles. The lowest BCUT2D eigenvalue weighted by Crippen LogP contribution is -2.31. The van der Waals surface area contributed by atoms with Crippen LogP contribution in [0, 0.1) is 5.92 Å². The Morgan fingerprint density at radius 1 is 0.485 bits per heavy atom. The van der Waals surface area contributed by atoms with Crippen molar-refractivity contribution in [1.29, 1.82) is 0 Å². The van der Waals surface area contributed by atoms with Crippen molar-refractivity contribution in [2.24, 2.45) is 5.92 Å². The van der Waals surface area contributed by atoms with Crippen LogP contribution < -0.4 is 10.6 Å². The molecule has 0 saturated carbocycles. The van der Waals surface area contributed by atoms with Gasteiger partial charge >= 0.3 is 0 Å². The Bertz CT molecular complexity index is 385. The van der Waals surface area contributed by atoms with E-state index in [-0.39, 0.29) is 5.92 Å². The molecule has 0 rings (SSSR count). The fourth-order valence-corrected chi connectivity index (χ4v) is 4.63. The molecule has 0 bridgehead atoms. The van der Waals surface area contributed by atoms with Crippen LogP contribution in [0.15, 0.2) is 0 Å².